The molecule has 0 unspecified atom stereocenters. The number of aromatic nitrogens is 1. The number of anilines is 1. The summed E-state index contributed by atoms with van der Waals surface area (Å²) in [5, 5.41) is 69.9. The normalized spacial score (nSPS) is 39.7. The topological polar surface area (TPSA) is 247 Å². The fourth-order valence-electron chi connectivity index (χ4n) is 10.8. The van der Waals surface area contributed by atoms with Crippen molar-refractivity contribution >= 4 is 17.7 Å². The number of urea groups is 1. The molecular formula is C51H85N5O14. The molecule has 70 heavy (non-hydrogen) atoms. The number of aliphatic hydroxyl groups is 5. The van der Waals surface area contributed by atoms with Crippen LogP contribution in [0.25, 0.3) is 11.3 Å². The Kier molecular flexibility index (Phi) is 19.9. The molecule has 0 saturated carbocycles. The van der Waals surface area contributed by atoms with Crippen molar-refractivity contribution in [3.05, 3.63) is 36.0 Å². The van der Waals surface area contributed by atoms with Crippen LogP contribution in [-0.2, 0) is 33.2 Å². The number of carbonyl (C=O) groups is 2. The molecule has 19 heteroatoms. The number of aryl methyl sites for hydroxylation is 1. The minimum atomic E-state index is -1.94. The van der Waals surface area contributed by atoms with Crippen LogP contribution < -0.4 is 10.6 Å². The molecule has 2 aromatic rings. The van der Waals surface area contributed by atoms with Crippen LogP contribution in [0.1, 0.15) is 107 Å². The van der Waals surface area contributed by atoms with Gasteiger partial charge in [0.1, 0.15) is 41.4 Å². The van der Waals surface area contributed by atoms with Crippen molar-refractivity contribution in [1.29, 1.82) is 0 Å². The molecule has 7 N–H and O–H groups in total. The molecule has 18 atom stereocenters. The zero-order valence-electron chi connectivity index (χ0n) is 44.0. The molecule has 3 aliphatic heterocycles. The van der Waals surface area contributed by atoms with E-state index in [1.807, 2.05) is 68.1 Å². The van der Waals surface area contributed by atoms with Crippen LogP contribution in [0.3, 0.4) is 0 Å². The SMILES string of the molecule is CC[C@H]1OC(=O)[C@H](C)[C@@H](O[C@H]2C[C@@](C)(OC)[C@@H](O)[C@H](C)O2)[C@H](C)[C@@H](O[C@@H]2O[C@H](C)C[C@H](N(C)C)[C@H]2O)[C@](C)(O)C[C@@H](C)CN(CCCNC(=O)Nc2c(C)noc2-c2ccccc2)[C@H](C)[C@@H](O)[C@]1(C)O. The van der Waals surface area contributed by atoms with E-state index in [4.69, 9.17) is 32.9 Å². The largest absolute Gasteiger partial charge is 0.459 e. The van der Waals surface area contributed by atoms with Gasteiger partial charge in [-0.2, -0.15) is 0 Å². The van der Waals surface area contributed by atoms with E-state index >= 15 is 0 Å². The van der Waals surface area contributed by atoms with Gasteiger partial charge in [-0.05, 0) is 101 Å². The molecule has 3 fully saturated rings. The third kappa shape index (κ3) is 13.4. The van der Waals surface area contributed by atoms with Crippen molar-refractivity contribution in [3.63, 3.8) is 0 Å². The number of carbonyl (C=O) groups excluding carboxylic acids is 2. The number of methoxy groups -OCH3 is 1. The number of cyclic esters (lactones) is 1. The van der Waals surface area contributed by atoms with E-state index in [0.29, 0.717) is 43.1 Å². The highest BCUT2D eigenvalue weighted by molar-refractivity contribution is 5.93. The van der Waals surface area contributed by atoms with Crippen molar-refractivity contribution in [2.45, 2.75) is 199 Å². The van der Waals surface area contributed by atoms with E-state index in [1.165, 1.54) is 14.0 Å². The van der Waals surface area contributed by atoms with Crippen LogP contribution in [0.5, 0.6) is 0 Å². The molecule has 5 rings (SSSR count). The Labute approximate surface area is 414 Å². The first-order chi connectivity index (χ1) is 32.8. The van der Waals surface area contributed by atoms with Crippen LogP contribution in [0.15, 0.2) is 34.9 Å². The summed E-state index contributed by atoms with van der Waals surface area (Å²) in [5.41, 5.74) is -2.96. The van der Waals surface area contributed by atoms with E-state index in [2.05, 4.69) is 15.8 Å². The summed E-state index contributed by atoms with van der Waals surface area (Å²) in [4.78, 5) is 31.8. The zero-order chi connectivity index (χ0) is 52.0. The van der Waals surface area contributed by atoms with Gasteiger partial charge in [-0.3, -0.25) is 9.69 Å². The Morgan fingerprint density at radius 1 is 0.971 bits per heavy atom. The molecule has 19 nitrogen and oxygen atoms in total. The van der Waals surface area contributed by atoms with E-state index in [9.17, 15) is 35.1 Å². The number of likely N-dealkylation sites (N-methyl/N-ethyl adjacent to an activating group) is 1. The summed E-state index contributed by atoms with van der Waals surface area (Å²) in [7, 11) is 5.24. The Hall–Kier alpha value is -3.31. The number of ether oxygens (including phenoxy) is 6. The van der Waals surface area contributed by atoms with Gasteiger partial charge in [0.05, 0.1) is 41.5 Å². The average molecular weight is 992 g/mol. The summed E-state index contributed by atoms with van der Waals surface area (Å²) in [6, 6.07) is 7.83. The van der Waals surface area contributed by atoms with Crippen LogP contribution >= 0.6 is 0 Å². The number of aliphatic hydroxyl groups excluding tert-OH is 3. The van der Waals surface area contributed by atoms with Crippen LogP contribution in [0.2, 0.25) is 0 Å². The first-order valence-electron chi connectivity index (χ1n) is 25.1. The minimum absolute atomic E-state index is 0.0918. The summed E-state index contributed by atoms with van der Waals surface area (Å²) < 4.78 is 43.6. The number of nitrogens with one attached hydrogen (secondary N) is 2. The maximum atomic E-state index is 14.6. The van der Waals surface area contributed by atoms with Crippen molar-refractivity contribution in [2.24, 2.45) is 17.8 Å². The lowest BCUT2D eigenvalue weighted by Crippen LogP contribution is -2.60. The first-order valence-corrected chi connectivity index (χ1v) is 25.1. The molecule has 398 valence electrons. The first kappa shape index (κ1) is 57.6. The van der Waals surface area contributed by atoms with Crippen molar-refractivity contribution in [1.82, 2.24) is 20.3 Å². The number of benzene rings is 1. The highest BCUT2D eigenvalue weighted by Gasteiger charge is 2.53. The summed E-state index contributed by atoms with van der Waals surface area (Å²) in [5.74, 6) is -2.51. The minimum Gasteiger partial charge on any atom is -0.459 e. The van der Waals surface area contributed by atoms with Crippen molar-refractivity contribution in [3.8, 4) is 11.3 Å². The molecule has 0 spiro atoms. The predicted molar refractivity (Wildman–Crippen MR) is 261 cm³/mol. The van der Waals surface area contributed by atoms with Gasteiger partial charge in [0.25, 0.3) is 0 Å². The van der Waals surface area contributed by atoms with E-state index < -0.39 is 102 Å². The Balaban J connectivity index is 1.47. The van der Waals surface area contributed by atoms with Crippen LogP contribution in [0.4, 0.5) is 10.5 Å². The van der Waals surface area contributed by atoms with Gasteiger partial charge < -0.3 is 74.0 Å². The van der Waals surface area contributed by atoms with E-state index in [1.54, 1.807) is 55.4 Å². The number of hydrogen-bond acceptors (Lipinski definition) is 17. The van der Waals surface area contributed by atoms with Crippen molar-refractivity contribution in [2.75, 3.05) is 46.2 Å². The highest BCUT2D eigenvalue weighted by Crippen LogP contribution is 2.40. The Bertz CT molecular complexity index is 1970. The fourth-order valence-corrected chi connectivity index (χ4v) is 10.8. The molecule has 4 heterocycles. The molecular weight excluding hydrogens is 907 g/mol. The maximum Gasteiger partial charge on any atom is 0.319 e. The number of esters is 1. The third-order valence-corrected chi connectivity index (χ3v) is 15.1. The second kappa shape index (κ2) is 24.2. The molecule has 1 aromatic heterocycles. The van der Waals surface area contributed by atoms with Crippen LogP contribution in [-0.4, -0.2) is 184 Å². The fraction of sp³-hybridized carbons (Fsp3) is 0.784. The molecule has 0 radical (unpaired) electrons. The molecule has 0 aliphatic carbocycles. The second-order valence-corrected chi connectivity index (χ2v) is 21.3. The quantitative estimate of drug-likeness (QED) is 0.108. The maximum absolute atomic E-state index is 14.6. The van der Waals surface area contributed by atoms with Crippen LogP contribution in [0, 0.1) is 24.7 Å². The summed E-state index contributed by atoms with van der Waals surface area (Å²) >= 11 is 0. The van der Waals surface area contributed by atoms with Gasteiger partial charge in [-0.25, -0.2) is 4.79 Å². The number of amides is 2. The average Bonchev–Trinajstić information content (AvgIpc) is 3.67. The zero-order valence-corrected chi connectivity index (χ0v) is 44.0. The Morgan fingerprint density at radius 3 is 2.27 bits per heavy atom. The lowest BCUT2D eigenvalue weighted by molar-refractivity contribution is -0.318. The Morgan fingerprint density at radius 2 is 1.64 bits per heavy atom. The van der Waals surface area contributed by atoms with E-state index in [-0.39, 0.29) is 43.9 Å². The summed E-state index contributed by atoms with van der Waals surface area (Å²) in [6.07, 6.45) is -8.79. The molecule has 0 bridgehead atoms. The summed E-state index contributed by atoms with van der Waals surface area (Å²) in [6.45, 7) is 20.1. The number of hydrogen-bond donors (Lipinski definition) is 7. The molecule has 2 amide bonds. The van der Waals surface area contributed by atoms with Gasteiger partial charge in [-0.1, -0.05) is 56.3 Å². The van der Waals surface area contributed by atoms with Gasteiger partial charge in [0.2, 0.25) is 0 Å². The third-order valence-electron chi connectivity index (χ3n) is 15.1. The van der Waals surface area contributed by atoms with Crippen molar-refractivity contribution < 1.29 is 68.1 Å². The number of rotatable bonds is 13. The lowest BCUT2D eigenvalue weighted by atomic mass is 9.77. The van der Waals surface area contributed by atoms with Gasteiger partial charge >= 0.3 is 12.0 Å². The second-order valence-electron chi connectivity index (χ2n) is 21.3. The monoisotopic (exact) mass is 992 g/mol. The highest BCUT2D eigenvalue weighted by atomic mass is 16.7. The standard InChI is InChI=1S/C51H85N5O14/c1-15-37-51(11,63)43(58)33(7)56(23-19-22-52-48(61)53-39-32(6)54-70-42(39)35-20-17-16-18-21-35)27-28(2)25-49(9,62)45(69-47-40(57)36(55(12)13)24-29(3)65-47)30(4)41(31(5)46(60)67-37)68-38-26-50(10,64-14)44(59)34(8)66-38/h16-18,20-21,28-31,33-34,36-38,40-41,43-45,47,57-59,62-63H,15,19,22-27H2,1-14H3,(H2,52,53,61)/t28-,29-,30+,31-,33-,34+,36+,37-,38+,40-,41+,43-,44+,45-,47+,49-,50-,51-/m1/s1. The van der Waals surface area contributed by atoms with Gasteiger partial charge in [0.15, 0.2) is 18.3 Å². The smallest absolute Gasteiger partial charge is 0.319 e. The van der Waals surface area contributed by atoms with Gasteiger partial charge in [0, 0.05) is 56.7 Å². The number of nitrogens with zero attached hydrogens (tertiary/aromatic N) is 3. The molecule has 3 aliphatic rings. The molecule has 3 saturated heterocycles. The van der Waals surface area contributed by atoms with E-state index in [0.717, 1.165) is 5.56 Å². The van der Waals surface area contributed by atoms with Gasteiger partial charge in [-0.15, -0.1) is 0 Å². The molecule has 1 aromatic carbocycles. The lowest BCUT2D eigenvalue weighted by Gasteiger charge is -2.48. The predicted octanol–water partition coefficient (Wildman–Crippen LogP) is 4.45.